The van der Waals surface area contributed by atoms with Gasteiger partial charge in [0.2, 0.25) is 0 Å². The lowest BCUT2D eigenvalue weighted by atomic mass is 10.1. The van der Waals surface area contributed by atoms with Crippen molar-refractivity contribution in [3.05, 3.63) is 86.8 Å². The minimum Gasteiger partial charge on any atom is -0.289 e. The van der Waals surface area contributed by atoms with Gasteiger partial charge in [-0.2, -0.15) is 0 Å². The van der Waals surface area contributed by atoms with E-state index in [1.807, 2.05) is 0 Å². The summed E-state index contributed by atoms with van der Waals surface area (Å²) < 4.78 is 13.3. The van der Waals surface area contributed by atoms with Crippen LogP contribution in [0.1, 0.15) is 15.9 Å². The highest BCUT2D eigenvalue weighted by Crippen LogP contribution is 2.23. The molecule has 0 aliphatic heterocycles. The van der Waals surface area contributed by atoms with Crippen molar-refractivity contribution in [2.24, 2.45) is 0 Å². The Bertz CT molecular complexity index is 1030. The monoisotopic (exact) mass is 356 g/mol. The zero-order valence-corrected chi connectivity index (χ0v) is 13.4. The predicted octanol–water partition coefficient (Wildman–Crippen LogP) is 4.83. The summed E-state index contributed by atoms with van der Waals surface area (Å²) in [5.74, 6) is -0.821. The number of nitro benzene ring substituents is 1. The molecule has 0 radical (unpaired) electrons. The summed E-state index contributed by atoms with van der Waals surface area (Å²) in [7, 11) is 0. The topological polar surface area (TPSA) is 73.1 Å². The SMILES string of the molecule is O=C(/C=C/c1cc2cc(F)ccc2nc1Cl)c1cccc([N+](=O)[O-])c1. The Hall–Kier alpha value is -3.12. The van der Waals surface area contributed by atoms with Crippen molar-refractivity contribution in [1.82, 2.24) is 4.98 Å². The van der Waals surface area contributed by atoms with Gasteiger partial charge in [-0.25, -0.2) is 9.37 Å². The highest BCUT2D eigenvalue weighted by molar-refractivity contribution is 6.31. The fourth-order valence-electron chi connectivity index (χ4n) is 2.29. The van der Waals surface area contributed by atoms with Crippen LogP contribution in [0.3, 0.4) is 0 Å². The number of carbonyl (C=O) groups excluding carboxylic acids is 1. The second-order valence-electron chi connectivity index (χ2n) is 5.21. The first-order chi connectivity index (χ1) is 11.9. The molecule has 1 heterocycles. The molecule has 0 bridgehead atoms. The number of fused-ring (bicyclic) bond motifs is 1. The highest BCUT2D eigenvalue weighted by atomic mass is 35.5. The molecule has 0 unspecified atom stereocenters. The zero-order chi connectivity index (χ0) is 18.0. The Morgan fingerprint density at radius 1 is 1.20 bits per heavy atom. The average molecular weight is 357 g/mol. The van der Waals surface area contributed by atoms with Gasteiger partial charge in [0.15, 0.2) is 5.78 Å². The Morgan fingerprint density at radius 2 is 2.00 bits per heavy atom. The summed E-state index contributed by atoms with van der Waals surface area (Å²) in [4.78, 5) is 26.5. The van der Waals surface area contributed by atoms with Crippen molar-refractivity contribution in [1.29, 1.82) is 0 Å². The number of nitrogens with zero attached hydrogens (tertiary/aromatic N) is 2. The summed E-state index contributed by atoms with van der Waals surface area (Å²) in [5, 5.41) is 11.5. The lowest BCUT2D eigenvalue weighted by Gasteiger charge is -2.02. The summed E-state index contributed by atoms with van der Waals surface area (Å²) in [5.41, 5.74) is 0.994. The molecule has 25 heavy (non-hydrogen) atoms. The Kier molecular flexibility index (Phi) is 4.54. The van der Waals surface area contributed by atoms with Crippen LogP contribution >= 0.6 is 11.6 Å². The number of ketones is 1. The van der Waals surface area contributed by atoms with Gasteiger partial charge in [0, 0.05) is 28.6 Å². The smallest absolute Gasteiger partial charge is 0.270 e. The number of pyridine rings is 1. The average Bonchev–Trinajstić information content (AvgIpc) is 2.60. The number of aromatic nitrogens is 1. The van der Waals surface area contributed by atoms with E-state index in [0.29, 0.717) is 16.5 Å². The van der Waals surface area contributed by atoms with Gasteiger partial charge in [-0.3, -0.25) is 14.9 Å². The lowest BCUT2D eigenvalue weighted by Crippen LogP contribution is -1.96. The largest absolute Gasteiger partial charge is 0.289 e. The number of allylic oxidation sites excluding steroid dienone is 1. The summed E-state index contributed by atoms with van der Waals surface area (Å²) in [6.07, 6.45) is 2.69. The first-order valence-corrected chi connectivity index (χ1v) is 7.54. The molecule has 3 rings (SSSR count). The second-order valence-corrected chi connectivity index (χ2v) is 5.57. The number of halogens is 2. The number of non-ortho nitro benzene ring substituents is 1. The van der Waals surface area contributed by atoms with E-state index in [0.717, 1.165) is 0 Å². The van der Waals surface area contributed by atoms with Gasteiger partial charge >= 0.3 is 0 Å². The van der Waals surface area contributed by atoms with Gasteiger partial charge in [-0.15, -0.1) is 0 Å². The van der Waals surface area contributed by atoms with Gasteiger partial charge < -0.3 is 0 Å². The van der Waals surface area contributed by atoms with E-state index in [-0.39, 0.29) is 16.4 Å². The van der Waals surface area contributed by atoms with Crippen molar-refractivity contribution >= 4 is 40.1 Å². The van der Waals surface area contributed by atoms with E-state index in [4.69, 9.17) is 11.6 Å². The zero-order valence-electron chi connectivity index (χ0n) is 12.6. The molecule has 7 heteroatoms. The molecule has 2 aromatic carbocycles. The van der Waals surface area contributed by atoms with Gasteiger partial charge in [0.25, 0.3) is 5.69 Å². The minimum absolute atomic E-state index is 0.167. The molecule has 0 N–H and O–H groups in total. The molecule has 0 aliphatic rings. The first-order valence-electron chi connectivity index (χ1n) is 7.17. The van der Waals surface area contributed by atoms with Gasteiger partial charge in [-0.1, -0.05) is 23.7 Å². The van der Waals surface area contributed by atoms with Crippen molar-refractivity contribution in [2.45, 2.75) is 0 Å². The van der Waals surface area contributed by atoms with E-state index in [1.54, 1.807) is 6.07 Å². The van der Waals surface area contributed by atoms with Crippen LogP contribution < -0.4 is 0 Å². The van der Waals surface area contributed by atoms with Crippen LogP contribution in [0, 0.1) is 15.9 Å². The predicted molar refractivity (Wildman–Crippen MR) is 93.2 cm³/mol. The third-order valence-electron chi connectivity index (χ3n) is 3.51. The van der Waals surface area contributed by atoms with Crippen molar-refractivity contribution < 1.29 is 14.1 Å². The third kappa shape index (κ3) is 3.70. The number of benzene rings is 2. The maximum atomic E-state index is 13.3. The van der Waals surface area contributed by atoms with Crippen LogP contribution in [0.25, 0.3) is 17.0 Å². The van der Waals surface area contributed by atoms with Crippen molar-refractivity contribution in [3.63, 3.8) is 0 Å². The number of hydrogen-bond donors (Lipinski definition) is 0. The molecule has 5 nitrogen and oxygen atoms in total. The molecular weight excluding hydrogens is 347 g/mol. The molecule has 0 atom stereocenters. The Balaban J connectivity index is 1.92. The second kappa shape index (κ2) is 6.78. The number of nitro groups is 1. The molecule has 1 aromatic heterocycles. The maximum absolute atomic E-state index is 13.3. The fraction of sp³-hybridized carbons (Fsp3) is 0. The van der Waals surface area contributed by atoms with Crippen LogP contribution in [-0.2, 0) is 0 Å². The summed E-state index contributed by atoms with van der Waals surface area (Å²) >= 11 is 6.08. The Labute approximate surface area is 146 Å². The molecule has 0 saturated heterocycles. The molecule has 0 aliphatic carbocycles. The van der Waals surface area contributed by atoms with Gasteiger partial charge in [0.1, 0.15) is 11.0 Å². The first kappa shape index (κ1) is 16.7. The number of hydrogen-bond acceptors (Lipinski definition) is 4. The normalized spacial score (nSPS) is 11.1. The Morgan fingerprint density at radius 3 is 2.76 bits per heavy atom. The van der Waals surface area contributed by atoms with E-state index in [2.05, 4.69) is 4.98 Å². The molecule has 0 spiro atoms. The van der Waals surface area contributed by atoms with Gasteiger partial charge in [-0.05, 0) is 36.4 Å². The summed E-state index contributed by atoms with van der Waals surface area (Å²) in [6, 6.07) is 11.2. The van der Waals surface area contributed by atoms with Crippen LogP contribution in [0.15, 0.2) is 54.6 Å². The van der Waals surface area contributed by atoms with Crippen LogP contribution in [0.5, 0.6) is 0 Å². The molecule has 0 saturated carbocycles. The fourth-order valence-corrected chi connectivity index (χ4v) is 2.50. The molecular formula is C18H10ClFN2O3. The quantitative estimate of drug-likeness (QED) is 0.220. The van der Waals surface area contributed by atoms with E-state index < -0.39 is 16.5 Å². The van der Waals surface area contributed by atoms with E-state index >= 15 is 0 Å². The molecule has 0 fully saturated rings. The van der Waals surface area contributed by atoms with Crippen LogP contribution in [0.2, 0.25) is 5.15 Å². The maximum Gasteiger partial charge on any atom is 0.270 e. The van der Waals surface area contributed by atoms with Crippen molar-refractivity contribution in [3.8, 4) is 0 Å². The number of rotatable bonds is 4. The standard InChI is InChI=1S/C18H10ClFN2O3/c19-18-12(8-13-9-14(20)5-6-16(13)21-18)4-7-17(23)11-2-1-3-15(10-11)22(24)25/h1-10H/b7-4+. The molecule has 3 aromatic rings. The minimum atomic E-state index is -0.570. The number of carbonyl (C=O) groups is 1. The lowest BCUT2D eigenvalue weighted by molar-refractivity contribution is -0.384. The molecule has 0 amide bonds. The highest BCUT2D eigenvalue weighted by Gasteiger charge is 2.10. The van der Waals surface area contributed by atoms with E-state index in [9.17, 15) is 19.3 Å². The summed E-state index contributed by atoms with van der Waals surface area (Å²) in [6.45, 7) is 0. The van der Waals surface area contributed by atoms with E-state index in [1.165, 1.54) is 54.6 Å². The third-order valence-corrected chi connectivity index (χ3v) is 3.82. The molecule has 124 valence electrons. The van der Waals surface area contributed by atoms with Gasteiger partial charge in [0.05, 0.1) is 10.4 Å². The van der Waals surface area contributed by atoms with Crippen molar-refractivity contribution in [2.75, 3.05) is 0 Å². The van der Waals surface area contributed by atoms with Crippen LogP contribution in [-0.4, -0.2) is 15.7 Å². The van der Waals surface area contributed by atoms with Crippen LogP contribution in [0.4, 0.5) is 10.1 Å².